The number of hydrogen-bond donors (Lipinski definition) is 1. The molecule has 0 atom stereocenters. The minimum atomic E-state index is -0.152. The number of nitrogens with two attached hydrogens (primary N) is 1. The SMILES string of the molecule is Cc1cc(C(=O)N(c2ccccc2)c2ccc(N)cc2)ns1. The van der Waals surface area contributed by atoms with Crippen molar-refractivity contribution in [2.24, 2.45) is 0 Å². The van der Waals surface area contributed by atoms with Crippen LogP contribution in [0, 0.1) is 6.92 Å². The number of rotatable bonds is 3. The molecule has 0 unspecified atom stereocenters. The second kappa shape index (κ2) is 5.99. The third kappa shape index (κ3) is 2.84. The molecule has 1 amide bonds. The van der Waals surface area contributed by atoms with E-state index in [9.17, 15) is 4.79 Å². The molecule has 0 spiro atoms. The number of benzene rings is 2. The van der Waals surface area contributed by atoms with Crippen LogP contribution in [-0.4, -0.2) is 10.3 Å². The average molecular weight is 309 g/mol. The van der Waals surface area contributed by atoms with Crippen molar-refractivity contribution in [2.45, 2.75) is 6.92 Å². The fraction of sp³-hybridized carbons (Fsp3) is 0.0588. The summed E-state index contributed by atoms with van der Waals surface area (Å²) >= 11 is 1.33. The highest BCUT2D eigenvalue weighted by Gasteiger charge is 2.21. The fourth-order valence-electron chi connectivity index (χ4n) is 2.17. The van der Waals surface area contributed by atoms with Crippen LogP contribution in [0.5, 0.6) is 0 Å². The van der Waals surface area contributed by atoms with E-state index in [0.29, 0.717) is 11.4 Å². The van der Waals surface area contributed by atoms with Crippen LogP contribution >= 0.6 is 11.5 Å². The summed E-state index contributed by atoms with van der Waals surface area (Å²) in [4.78, 5) is 15.5. The lowest BCUT2D eigenvalue weighted by Gasteiger charge is -2.22. The molecule has 2 aromatic carbocycles. The van der Waals surface area contributed by atoms with Crippen molar-refractivity contribution in [1.29, 1.82) is 0 Å². The summed E-state index contributed by atoms with van der Waals surface area (Å²) in [7, 11) is 0. The summed E-state index contributed by atoms with van der Waals surface area (Å²) in [6.45, 7) is 1.94. The van der Waals surface area contributed by atoms with Crippen LogP contribution in [0.25, 0.3) is 0 Å². The van der Waals surface area contributed by atoms with Crippen LogP contribution in [-0.2, 0) is 0 Å². The predicted octanol–water partition coefficient (Wildman–Crippen LogP) is 4.01. The van der Waals surface area contributed by atoms with Gasteiger partial charge in [0.05, 0.1) is 0 Å². The molecule has 0 bridgehead atoms. The van der Waals surface area contributed by atoms with Crippen molar-refractivity contribution in [3.05, 3.63) is 71.2 Å². The van der Waals surface area contributed by atoms with Crippen LogP contribution in [0.15, 0.2) is 60.7 Å². The van der Waals surface area contributed by atoms with Crippen molar-refractivity contribution < 1.29 is 4.79 Å². The number of hydrogen-bond acceptors (Lipinski definition) is 4. The maximum atomic E-state index is 12.9. The normalized spacial score (nSPS) is 10.4. The quantitative estimate of drug-likeness (QED) is 0.744. The molecule has 0 saturated heterocycles. The smallest absolute Gasteiger partial charge is 0.282 e. The Morgan fingerprint density at radius 1 is 1.05 bits per heavy atom. The van der Waals surface area contributed by atoms with E-state index < -0.39 is 0 Å². The van der Waals surface area contributed by atoms with Gasteiger partial charge in [0.15, 0.2) is 0 Å². The van der Waals surface area contributed by atoms with Crippen LogP contribution in [0.1, 0.15) is 15.4 Å². The Morgan fingerprint density at radius 2 is 1.68 bits per heavy atom. The van der Waals surface area contributed by atoms with Gasteiger partial charge in [0.1, 0.15) is 5.69 Å². The summed E-state index contributed by atoms with van der Waals surface area (Å²) in [5, 5.41) is 0. The molecule has 110 valence electrons. The Kier molecular flexibility index (Phi) is 3.89. The molecule has 0 saturated carbocycles. The lowest BCUT2D eigenvalue weighted by Crippen LogP contribution is -2.26. The van der Waals surface area contributed by atoms with Gasteiger partial charge in [-0.3, -0.25) is 9.69 Å². The first-order valence-electron chi connectivity index (χ1n) is 6.83. The molecule has 4 nitrogen and oxygen atoms in total. The van der Waals surface area contributed by atoms with Gasteiger partial charge in [-0.15, -0.1) is 0 Å². The Balaban J connectivity index is 2.07. The van der Waals surface area contributed by atoms with Gasteiger partial charge in [-0.2, -0.15) is 4.37 Å². The lowest BCUT2D eigenvalue weighted by atomic mass is 10.2. The van der Waals surface area contributed by atoms with Gasteiger partial charge in [0.25, 0.3) is 5.91 Å². The van der Waals surface area contributed by atoms with E-state index in [1.54, 1.807) is 23.1 Å². The second-order valence-corrected chi connectivity index (χ2v) is 5.90. The molecule has 0 radical (unpaired) electrons. The van der Waals surface area contributed by atoms with Gasteiger partial charge in [0.2, 0.25) is 0 Å². The van der Waals surface area contributed by atoms with E-state index in [4.69, 9.17) is 5.73 Å². The largest absolute Gasteiger partial charge is 0.399 e. The number of amides is 1. The van der Waals surface area contributed by atoms with E-state index in [0.717, 1.165) is 16.3 Å². The number of aryl methyl sites for hydroxylation is 1. The molecule has 3 rings (SSSR count). The number of nitrogens with zero attached hydrogens (tertiary/aromatic N) is 2. The number of carbonyl (C=O) groups is 1. The van der Waals surface area contributed by atoms with Crippen molar-refractivity contribution in [1.82, 2.24) is 4.37 Å². The Labute approximate surface area is 133 Å². The topological polar surface area (TPSA) is 59.2 Å². The maximum absolute atomic E-state index is 12.9. The first-order chi connectivity index (χ1) is 10.6. The first-order valence-corrected chi connectivity index (χ1v) is 7.61. The second-order valence-electron chi connectivity index (χ2n) is 4.89. The zero-order valence-corrected chi connectivity index (χ0v) is 12.9. The molecule has 0 aliphatic carbocycles. The van der Waals surface area contributed by atoms with E-state index in [-0.39, 0.29) is 5.91 Å². The average Bonchev–Trinajstić information content (AvgIpc) is 2.97. The molecular formula is C17H15N3OS. The lowest BCUT2D eigenvalue weighted by molar-refractivity contribution is 0.0995. The predicted molar refractivity (Wildman–Crippen MR) is 90.6 cm³/mol. The van der Waals surface area contributed by atoms with Crippen LogP contribution in [0.4, 0.5) is 17.1 Å². The van der Waals surface area contributed by atoms with Gasteiger partial charge in [-0.25, -0.2) is 0 Å². The third-order valence-corrected chi connectivity index (χ3v) is 3.91. The Morgan fingerprint density at radius 3 is 2.27 bits per heavy atom. The van der Waals surface area contributed by atoms with E-state index in [1.165, 1.54) is 11.5 Å². The van der Waals surface area contributed by atoms with E-state index >= 15 is 0 Å². The number of para-hydroxylation sites is 1. The monoisotopic (exact) mass is 309 g/mol. The Bertz CT molecular complexity index is 781. The van der Waals surface area contributed by atoms with Crippen LogP contribution in [0.2, 0.25) is 0 Å². The molecule has 0 aliphatic rings. The van der Waals surface area contributed by atoms with Gasteiger partial charge in [-0.1, -0.05) is 18.2 Å². The summed E-state index contributed by atoms with van der Waals surface area (Å²) in [6, 6.07) is 18.6. The zero-order valence-electron chi connectivity index (χ0n) is 12.1. The summed E-state index contributed by atoms with van der Waals surface area (Å²) in [5.74, 6) is -0.152. The van der Waals surface area contributed by atoms with Gasteiger partial charge in [-0.05, 0) is 60.9 Å². The molecule has 1 aromatic heterocycles. The first kappa shape index (κ1) is 14.3. The van der Waals surface area contributed by atoms with Gasteiger partial charge < -0.3 is 5.73 Å². The number of anilines is 3. The van der Waals surface area contributed by atoms with Crippen molar-refractivity contribution in [3.8, 4) is 0 Å². The molecule has 2 N–H and O–H groups in total. The third-order valence-electron chi connectivity index (χ3n) is 3.22. The highest BCUT2D eigenvalue weighted by Crippen LogP contribution is 2.28. The fourth-order valence-corrected chi connectivity index (χ4v) is 2.70. The molecule has 1 heterocycles. The molecule has 0 aliphatic heterocycles. The minimum Gasteiger partial charge on any atom is -0.399 e. The number of nitrogen functional groups attached to an aromatic ring is 1. The van der Waals surface area contributed by atoms with Crippen LogP contribution in [0.3, 0.4) is 0 Å². The summed E-state index contributed by atoms with van der Waals surface area (Å²) in [5.41, 5.74) is 8.40. The van der Waals surface area contributed by atoms with Crippen molar-refractivity contribution >= 4 is 34.5 Å². The van der Waals surface area contributed by atoms with E-state index in [2.05, 4.69) is 4.37 Å². The highest BCUT2D eigenvalue weighted by atomic mass is 32.1. The van der Waals surface area contributed by atoms with Crippen molar-refractivity contribution in [2.75, 3.05) is 10.6 Å². The summed E-state index contributed by atoms with van der Waals surface area (Å²) in [6.07, 6.45) is 0. The summed E-state index contributed by atoms with van der Waals surface area (Å²) < 4.78 is 4.23. The van der Waals surface area contributed by atoms with E-state index in [1.807, 2.05) is 49.4 Å². The standard InChI is InChI=1S/C17H15N3OS/c1-12-11-16(19-22-12)17(21)20(14-5-3-2-4-6-14)15-9-7-13(18)8-10-15/h2-11H,18H2,1H3. The van der Waals surface area contributed by atoms with Crippen molar-refractivity contribution in [3.63, 3.8) is 0 Å². The van der Waals surface area contributed by atoms with Crippen LogP contribution < -0.4 is 10.6 Å². The molecule has 22 heavy (non-hydrogen) atoms. The van der Waals surface area contributed by atoms with Gasteiger partial charge in [0, 0.05) is 21.9 Å². The molecule has 5 heteroatoms. The minimum absolute atomic E-state index is 0.152. The molecule has 3 aromatic rings. The Hall–Kier alpha value is -2.66. The maximum Gasteiger partial charge on any atom is 0.282 e. The molecular weight excluding hydrogens is 294 g/mol. The zero-order chi connectivity index (χ0) is 15.5. The highest BCUT2D eigenvalue weighted by molar-refractivity contribution is 7.05. The molecule has 0 fully saturated rings. The number of carbonyl (C=O) groups excluding carboxylic acids is 1. The number of aromatic nitrogens is 1. The van der Waals surface area contributed by atoms with Gasteiger partial charge >= 0.3 is 0 Å².